The second kappa shape index (κ2) is 6.99. The van der Waals surface area contributed by atoms with Crippen LogP contribution in [0, 0.1) is 5.82 Å². The van der Waals surface area contributed by atoms with Crippen molar-refractivity contribution in [1.29, 1.82) is 0 Å². The number of carbonyl (C=O) groups is 1. The third kappa shape index (κ3) is 3.66. The predicted octanol–water partition coefficient (Wildman–Crippen LogP) is 2.09. The summed E-state index contributed by atoms with van der Waals surface area (Å²) in [4.78, 5) is 12.0. The van der Waals surface area contributed by atoms with Crippen molar-refractivity contribution < 1.29 is 13.9 Å². The molecule has 0 aliphatic carbocycles. The Balaban J connectivity index is 2.25. The molecule has 0 aliphatic heterocycles. The summed E-state index contributed by atoms with van der Waals surface area (Å²) < 4.78 is 19.9. The quantitative estimate of drug-likeness (QED) is 0.829. The summed E-state index contributed by atoms with van der Waals surface area (Å²) >= 11 is 0. The van der Waals surface area contributed by atoms with E-state index in [1.807, 2.05) is 6.92 Å². The van der Waals surface area contributed by atoms with Crippen LogP contribution in [0.3, 0.4) is 0 Å². The van der Waals surface area contributed by atoms with E-state index in [1.165, 1.54) is 12.1 Å². The highest BCUT2D eigenvalue weighted by Crippen LogP contribution is 2.21. The largest absolute Gasteiger partial charge is 0.383 e. The molecule has 6 heteroatoms. The van der Waals surface area contributed by atoms with Crippen LogP contribution in [0.5, 0.6) is 0 Å². The van der Waals surface area contributed by atoms with E-state index in [0.29, 0.717) is 36.6 Å². The fraction of sp³-hybridized carbons (Fsp3) is 0.333. The van der Waals surface area contributed by atoms with Crippen molar-refractivity contribution in [2.45, 2.75) is 13.5 Å². The van der Waals surface area contributed by atoms with Crippen LogP contribution >= 0.6 is 0 Å². The number of hydrogen-bond acceptors (Lipinski definition) is 3. The summed E-state index contributed by atoms with van der Waals surface area (Å²) in [5, 5.41) is 6.97. The third-order valence-corrected chi connectivity index (χ3v) is 3.02. The summed E-state index contributed by atoms with van der Waals surface area (Å²) in [7, 11) is 1.57. The number of halogens is 1. The van der Waals surface area contributed by atoms with Crippen LogP contribution in [0.2, 0.25) is 0 Å². The molecule has 1 heterocycles. The van der Waals surface area contributed by atoms with Gasteiger partial charge in [0.2, 0.25) is 0 Å². The molecule has 0 bridgehead atoms. The molecule has 0 fully saturated rings. The minimum absolute atomic E-state index is 0.267. The van der Waals surface area contributed by atoms with Gasteiger partial charge in [-0.05, 0) is 25.1 Å². The molecule has 2 rings (SSSR count). The maximum Gasteiger partial charge on any atom is 0.271 e. The lowest BCUT2D eigenvalue weighted by molar-refractivity contribution is 0.0931. The van der Waals surface area contributed by atoms with Gasteiger partial charge in [-0.1, -0.05) is 12.1 Å². The van der Waals surface area contributed by atoms with E-state index in [2.05, 4.69) is 10.4 Å². The minimum atomic E-state index is -0.317. The Morgan fingerprint density at radius 3 is 2.90 bits per heavy atom. The number of hydrogen-bond donors (Lipinski definition) is 1. The average Bonchev–Trinajstić information content (AvgIpc) is 2.91. The molecule has 0 atom stereocenters. The van der Waals surface area contributed by atoms with Crippen molar-refractivity contribution >= 4 is 5.91 Å². The van der Waals surface area contributed by atoms with E-state index < -0.39 is 0 Å². The van der Waals surface area contributed by atoms with Crippen molar-refractivity contribution in [3.05, 3.63) is 41.8 Å². The average molecular weight is 291 g/mol. The van der Waals surface area contributed by atoms with Gasteiger partial charge in [-0.15, -0.1) is 0 Å². The van der Waals surface area contributed by atoms with Crippen molar-refractivity contribution in [1.82, 2.24) is 15.1 Å². The number of aryl methyl sites for hydroxylation is 1. The van der Waals surface area contributed by atoms with E-state index in [0.717, 1.165) is 0 Å². The lowest BCUT2D eigenvalue weighted by Crippen LogP contribution is -2.27. The van der Waals surface area contributed by atoms with Gasteiger partial charge in [0.15, 0.2) is 5.69 Å². The maximum absolute atomic E-state index is 13.3. The molecule has 0 saturated heterocycles. The van der Waals surface area contributed by atoms with Gasteiger partial charge < -0.3 is 10.1 Å². The summed E-state index contributed by atoms with van der Waals surface area (Å²) in [5.74, 6) is -0.584. The third-order valence-electron chi connectivity index (χ3n) is 3.02. The van der Waals surface area contributed by atoms with Crippen LogP contribution in [0.15, 0.2) is 30.3 Å². The maximum atomic E-state index is 13.3. The van der Waals surface area contributed by atoms with Crippen LogP contribution in [0.4, 0.5) is 4.39 Å². The normalized spacial score (nSPS) is 10.6. The summed E-state index contributed by atoms with van der Waals surface area (Å²) in [5.41, 5.74) is 1.72. The molecule has 0 aliphatic rings. The molecular formula is C15H18FN3O2. The molecular weight excluding hydrogens is 273 g/mol. The van der Waals surface area contributed by atoms with Crippen molar-refractivity contribution in [2.24, 2.45) is 0 Å². The first-order valence-corrected chi connectivity index (χ1v) is 6.76. The monoisotopic (exact) mass is 291 g/mol. The molecule has 1 amide bonds. The van der Waals surface area contributed by atoms with Crippen LogP contribution in [0.25, 0.3) is 11.3 Å². The van der Waals surface area contributed by atoms with Crippen LogP contribution in [0.1, 0.15) is 17.4 Å². The highest BCUT2D eigenvalue weighted by Gasteiger charge is 2.14. The topological polar surface area (TPSA) is 56.2 Å². The van der Waals surface area contributed by atoms with Gasteiger partial charge >= 0.3 is 0 Å². The Kier molecular flexibility index (Phi) is 5.05. The number of carbonyl (C=O) groups excluding carboxylic acids is 1. The van der Waals surface area contributed by atoms with Gasteiger partial charge in [0.1, 0.15) is 5.82 Å². The van der Waals surface area contributed by atoms with Gasteiger partial charge in [0.25, 0.3) is 5.91 Å². The first kappa shape index (κ1) is 15.2. The molecule has 1 N–H and O–H groups in total. The van der Waals surface area contributed by atoms with E-state index in [1.54, 1.807) is 30.0 Å². The molecule has 21 heavy (non-hydrogen) atoms. The molecule has 2 aromatic rings. The fourth-order valence-electron chi connectivity index (χ4n) is 2.01. The Labute approximate surface area is 122 Å². The van der Waals surface area contributed by atoms with Crippen molar-refractivity contribution in [2.75, 3.05) is 20.3 Å². The molecule has 1 aromatic heterocycles. The van der Waals surface area contributed by atoms with Crippen molar-refractivity contribution in [3.63, 3.8) is 0 Å². The number of ether oxygens (including phenoxy) is 1. The van der Waals surface area contributed by atoms with Gasteiger partial charge in [-0.25, -0.2) is 4.39 Å². The number of nitrogens with one attached hydrogen (secondary N) is 1. The van der Waals surface area contributed by atoms with Crippen molar-refractivity contribution in [3.8, 4) is 11.3 Å². The molecule has 0 unspecified atom stereocenters. The minimum Gasteiger partial charge on any atom is -0.383 e. The Morgan fingerprint density at radius 2 is 2.24 bits per heavy atom. The van der Waals surface area contributed by atoms with Gasteiger partial charge in [-0.2, -0.15) is 5.10 Å². The highest BCUT2D eigenvalue weighted by molar-refractivity contribution is 5.93. The summed E-state index contributed by atoms with van der Waals surface area (Å²) in [6, 6.07) is 7.90. The Morgan fingerprint density at radius 1 is 1.43 bits per heavy atom. The summed E-state index contributed by atoms with van der Waals surface area (Å²) in [6.07, 6.45) is 0. The number of methoxy groups -OCH3 is 1. The molecule has 5 nitrogen and oxygen atoms in total. The zero-order valence-corrected chi connectivity index (χ0v) is 12.1. The number of aromatic nitrogens is 2. The molecule has 0 radical (unpaired) electrons. The first-order valence-electron chi connectivity index (χ1n) is 6.76. The fourth-order valence-corrected chi connectivity index (χ4v) is 2.01. The highest BCUT2D eigenvalue weighted by atomic mass is 19.1. The Bertz CT molecular complexity index is 625. The van der Waals surface area contributed by atoms with E-state index in [9.17, 15) is 9.18 Å². The van der Waals surface area contributed by atoms with E-state index in [-0.39, 0.29) is 11.7 Å². The summed E-state index contributed by atoms with van der Waals surface area (Å²) in [6.45, 7) is 3.38. The van der Waals surface area contributed by atoms with Crippen LogP contribution < -0.4 is 5.32 Å². The van der Waals surface area contributed by atoms with E-state index in [4.69, 9.17) is 4.74 Å². The number of nitrogens with zero attached hydrogens (tertiary/aromatic N) is 2. The SMILES string of the molecule is CCn1nc(C(=O)NCCOC)cc1-c1cccc(F)c1. The predicted molar refractivity (Wildman–Crippen MR) is 77.5 cm³/mol. The van der Waals surface area contributed by atoms with Gasteiger partial charge in [0, 0.05) is 25.8 Å². The van der Waals surface area contributed by atoms with Crippen LogP contribution in [-0.2, 0) is 11.3 Å². The van der Waals surface area contributed by atoms with Gasteiger partial charge in [0.05, 0.1) is 12.3 Å². The number of rotatable bonds is 6. The smallest absolute Gasteiger partial charge is 0.271 e. The van der Waals surface area contributed by atoms with Crippen LogP contribution in [-0.4, -0.2) is 35.9 Å². The number of amides is 1. The Hall–Kier alpha value is -2.21. The van der Waals surface area contributed by atoms with Gasteiger partial charge in [-0.3, -0.25) is 9.48 Å². The molecule has 112 valence electrons. The zero-order valence-electron chi connectivity index (χ0n) is 12.1. The first-order chi connectivity index (χ1) is 10.2. The zero-order chi connectivity index (χ0) is 15.2. The molecule has 0 spiro atoms. The molecule has 1 aromatic carbocycles. The second-order valence-corrected chi connectivity index (χ2v) is 4.49. The lowest BCUT2D eigenvalue weighted by Gasteiger charge is -2.04. The standard InChI is InChI=1S/C15H18FN3O2/c1-3-19-14(11-5-4-6-12(16)9-11)10-13(18-19)15(20)17-7-8-21-2/h4-6,9-10H,3,7-8H2,1-2H3,(H,17,20). The number of benzene rings is 1. The lowest BCUT2D eigenvalue weighted by atomic mass is 10.1. The molecule has 0 saturated carbocycles. The van der Waals surface area contributed by atoms with E-state index >= 15 is 0 Å². The second-order valence-electron chi connectivity index (χ2n) is 4.49.